The lowest BCUT2D eigenvalue weighted by molar-refractivity contribution is 0.0945. The summed E-state index contributed by atoms with van der Waals surface area (Å²) in [6.45, 7) is 7.68. The molecule has 3 N–H and O–H groups in total. The highest BCUT2D eigenvalue weighted by Gasteiger charge is 2.10. The van der Waals surface area contributed by atoms with Gasteiger partial charge in [-0.05, 0) is 29.5 Å². The second kappa shape index (κ2) is 8.11. The number of hydrogen-bond acceptors (Lipinski definition) is 2. The third kappa shape index (κ3) is 5.07. The number of nitrogens with one attached hydrogen (secondary N) is 1. The molecule has 4 heteroatoms. The van der Waals surface area contributed by atoms with Crippen LogP contribution < -0.4 is 11.1 Å². The Hall–Kier alpha value is -1.06. The zero-order valence-corrected chi connectivity index (χ0v) is 12.1. The Bertz CT molecular complexity index is 363. The molecular weight excluding hydrogens is 248 g/mol. The molecule has 0 spiro atoms. The topological polar surface area (TPSA) is 55.1 Å². The van der Waals surface area contributed by atoms with Crippen molar-refractivity contribution in [1.29, 1.82) is 0 Å². The van der Waals surface area contributed by atoms with Gasteiger partial charge in [0.15, 0.2) is 0 Å². The molecule has 0 fully saturated rings. The molecule has 1 rings (SSSR count). The fourth-order valence-electron chi connectivity index (χ4n) is 1.38. The zero-order valence-electron chi connectivity index (χ0n) is 11.3. The maximum absolute atomic E-state index is 11.8. The molecule has 1 unspecified atom stereocenters. The maximum Gasteiger partial charge on any atom is 0.251 e. The third-order valence-electron chi connectivity index (χ3n) is 3.17. The average molecular weight is 271 g/mol. The van der Waals surface area contributed by atoms with Crippen molar-refractivity contribution < 1.29 is 4.79 Å². The van der Waals surface area contributed by atoms with Crippen molar-refractivity contribution in [3.05, 3.63) is 35.4 Å². The Balaban J connectivity index is 0.00000289. The Kier molecular flexibility index (Phi) is 7.64. The van der Waals surface area contributed by atoms with E-state index in [0.717, 1.165) is 12.1 Å². The van der Waals surface area contributed by atoms with Crippen LogP contribution in [0.4, 0.5) is 0 Å². The molecule has 0 aliphatic carbocycles. The lowest BCUT2D eigenvalue weighted by atomic mass is 9.98. The molecule has 1 aromatic carbocycles. The van der Waals surface area contributed by atoms with Crippen molar-refractivity contribution in [2.24, 2.45) is 17.6 Å². The third-order valence-corrected chi connectivity index (χ3v) is 3.17. The minimum absolute atomic E-state index is 0. The van der Waals surface area contributed by atoms with Crippen molar-refractivity contribution >= 4 is 18.3 Å². The van der Waals surface area contributed by atoms with Gasteiger partial charge in [0, 0.05) is 18.7 Å². The van der Waals surface area contributed by atoms with Gasteiger partial charge in [-0.3, -0.25) is 4.79 Å². The van der Waals surface area contributed by atoms with Gasteiger partial charge in [-0.1, -0.05) is 32.9 Å². The second-order valence-corrected chi connectivity index (χ2v) is 4.83. The van der Waals surface area contributed by atoms with Crippen LogP contribution in [0.1, 0.15) is 36.7 Å². The van der Waals surface area contributed by atoms with E-state index in [2.05, 4.69) is 26.1 Å². The van der Waals surface area contributed by atoms with Crippen molar-refractivity contribution in [3.8, 4) is 0 Å². The first-order chi connectivity index (χ1) is 8.04. The predicted molar refractivity (Wildman–Crippen MR) is 77.9 cm³/mol. The lowest BCUT2D eigenvalue weighted by Crippen LogP contribution is -2.30. The van der Waals surface area contributed by atoms with Gasteiger partial charge in [0.05, 0.1) is 0 Å². The van der Waals surface area contributed by atoms with Gasteiger partial charge < -0.3 is 11.1 Å². The highest BCUT2D eigenvalue weighted by atomic mass is 35.5. The van der Waals surface area contributed by atoms with Crippen LogP contribution in [0.15, 0.2) is 24.3 Å². The maximum atomic E-state index is 11.8. The number of rotatable bonds is 5. The van der Waals surface area contributed by atoms with Crippen molar-refractivity contribution in [2.75, 3.05) is 6.54 Å². The number of carbonyl (C=O) groups is 1. The first kappa shape index (κ1) is 16.9. The number of halogens is 1. The summed E-state index contributed by atoms with van der Waals surface area (Å²) in [6, 6.07) is 7.41. The Morgan fingerprint density at radius 3 is 2.22 bits per heavy atom. The standard InChI is InChI=1S/C14H22N2O.ClH/c1-10(2)11(3)9-16-14(17)13-6-4-12(8-15)5-7-13;/h4-7,10-11H,8-9,15H2,1-3H3,(H,16,17);1H. The molecule has 0 aromatic heterocycles. The normalized spacial score (nSPS) is 11.8. The fraction of sp³-hybridized carbons (Fsp3) is 0.500. The molecule has 102 valence electrons. The molecule has 3 nitrogen and oxygen atoms in total. The molecule has 1 amide bonds. The second-order valence-electron chi connectivity index (χ2n) is 4.83. The first-order valence-corrected chi connectivity index (χ1v) is 6.11. The minimum Gasteiger partial charge on any atom is -0.352 e. The Labute approximate surface area is 116 Å². The Morgan fingerprint density at radius 1 is 1.22 bits per heavy atom. The SMILES string of the molecule is CC(C)C(C)CNC(=O)c1ccc(CN)cc1.Cl. The summed E-state index contributed by atoms with van der Waals surface area (Å²) in [5.74, 6) is 1.05. The molecule has 0 radical (unpaired) electrons. The first-order valence-electron chi connectivity index (χ1n) is 6.11. The van der Waals surface area contributed by atoms with E-state index in [-0.39, 0.29) is 18.3 Å². The summed E-state index contributed by atoms with van der Waals surface area (Å²) < 4.78 is 0. The molecule has 0 heterocycles. The molecule has 0 bridgehead atoms. The highest BCUT2D eigenvalue weighted by Crippen LogP contribution is 2.08. The van der Waals surface area contributed by atoms with E-state index in [9.17, 15) is 4.79 Å². The number of benzene rings is 1. The van der Waals surface area contributed by atoms with Crippen LogP contribution >= 0.6 is 12.4 Å². The summed E-state index contributed by atoms with van der Waals surface area (Å²) in [6.07, 6.45) is 0. The monoisotopic (exact) mass is 270 g/mol. The van der Waals surface area contributed by atoms with Crippen molar-refractivity contribution in [3.63, 3.8) is 0 Å². The number of nitrogens with two attached hydrogens (primary N) is 1. The van der Waals surface area contributed by atoms with Crippen LogP contribution in [0, 0.1) is 11.8 Å². The molecule has 1 atom stereocenters. The summed E-state index contributed by atoms with van der Waals surface area (Å²) >= 11 is 0. The van der Waals surface area contributed by atoms with Crippen LogP contribution in [0.3, 0.4) is 0 Å². The van der Waals surface area contributed by atoms with Gasteiger partial charge in [-0.2, -0.15) is 0 Å². The van der Waals surface area contributed by atoms with E-state index in [0.29, 0.717) is 23.9 Å². The van der Waals surface area contributed by atoms with Gasteiger partial charge in [0.25, 0.3) is 5.91 Å². The molecule has 18 heavy (non-hydrogen) atoms. The molecule has 0 saturated carbocycles. The molecule has 0 saturated heterocycles. The summed E-state index contributed by atoms with van der Waals surface area (Å²) in [5, 5.41) is 2.95. The van der Waals surface area contributed by atoms with Gasteiger partial charge in [0.1, 0.15) is 0 Å². The molecule has 1 aromatic rings. The fourth-order valence-corrected chi connectivity index (χ4v) is 1.38. The van der Waals surface area contributed by atoms with Crippen LogP contribution in [0.5, 0.6) is 0 Å². The van der Waals surface area contributed by atoms with Crippen LogP contribution in [0.2, 0.25) is 0 Å². The average Bonchev–Trinajstić information content (AvgIpc) is 2.35. The summed E-state index contributed by atoms with van der Waals surface area (Å²) in [7, 11) is 0. The van der Waals surface area contributed by atoms with E-state index >= 15 is 0 Å². The van der Waals surface area contributed by atoms with Crippen LogP contribution in [-0.2, 0) is 6.54 Å². The summed E-state index contributed by atoms with van der Waals surface area (Å²) in [4.78, 5) is 11.8. The minimum atomic E-state index is -0.0129. The van der Waals surface area contributed by atoms with E-state index in [4.69, 9.17) is 5.73 Å². The van der Waals surface area contributed by atoms with Crippen LogP contribution in [0.25, 0.3) is 0 Å². The quantitative estimate of drug-likeness (QED) is 0.864. The van der Waals surface area contributed by atoms with Crippen LogP contribution in [-0.4, -0.2) is 12.5 Å². The smallest absolute Gasteiger partial charge is 0.251 e. The summed E-state index contributed by atoms with van der Waals surface area (Å²) in [5.41, 5.74) is 7.24. The van der Waals surface area contributed by atoms with E-state index in [1.54, 1.807) is 0 Å². The highest BCUT2D eigenvalue weighted by molar-refractivity contribution is 5.94. The van der Waals surface area contributed by atoms with E-state index in [1.807, 2.05) is 24.3 Å². The number of hydrogen-bond donors (Lipinski definition) is 2. The van der Waals surface area contributed by atoms with Crippen molar-refractivity contribution in [1.82, 2.24) is 5.32 Å². The number of carbonyl (C=O) groups excluding carboxylic acids is 1. The van der Waals surface area contributed by atoms with E-state index < -0.39 is 0 Å². The van der Waals surface area contributed by atoms with Crippen molar-refractivity contribution in [2.45, 2.75) is 27.3 Å². The molecule has 0 aliphatic rings. The Morgan fingerprint density at radius 2 is 1.78 bits per heavy atom. The van der Waals surface area contributed by atoms with E-state index in [1.165, 1.54) is 0 Å². The zero-order chi connectivity index (χ0) is 12.8. The molecular formula is C14H23ClN2O. The lowest BCUT2D eigenvalue weighted by Gasteiger charge is -2.16. The predicted octanol–water partition coefficient (Wildman–Crippen LogP) is 2.59. The van der Waals surface area contributed by atoms with Gasteiger partial charge in [-0.15, -0.1) is 12.4 Å². The van der Waals surface area contributed by atoms with Gasteiger partial charge in [0.2, 0.25) is 0 Å². The largest absolute Gasteiger partial charge is 0.352 e. The van der Waals surface area contributed by atoms with Gasteiger partial charge >= 0.3 is 0 Å². The van der Waals surface area contributed by atoms with Gasteiger partial charge in [-0.25, -0.2) is 0 Å². The molecule has 0 aliphatic heterocycles. The number of amides is 1.